The summed E-state index contributed by atoms with van der Waals surface area (Å²) in [5, 5.41) is 2.81. The first-order chi connectivity index (χ1) is 12.6. The molecule has 26 heavy (non-hydrogen) atoms. The molecule has 3 heterocycles. The molecular formula is C19H21N4O3+. The Balaban J connectivity index is 1.77. The minimum absolute atomic E-state index is 0.0856. The Morgan fingerprint density at radius 2 is 1.92 bits per heavy atom. The van der Waals surface area contributed by atoms with Gasteiger partial charge in [0, 0.05) is 26.1 Å². The van der Waals surface area contributed by atoms with E-state index < -0.39 is 0 Å². The van der Waals surface area contributed by atoms with Crippen LogP contribution in [0.2, 0.25) is 0 Å². The molecule has 0 spiro atoms. The first-order valence-corrected chi connectivity index (χ1v) is 8.69. The number of imidazole rings is 1. The van der Waals surface area contributed by atoms with Gasteiger partial charge in [-0.2, -0.15) is 4.40 Å². The van der Waals surface area contributed by atoms with Gasteiger partial charge < -0.3 is 15.0 Å². The smallest absolute Gasteiger partial charge is 0.287 e. The van der Waals surface area contributed by atoms with Crippen molar-refractivity contribution in [2.24, 2.45) is 0 Å². The van der Waals surface area contributed by atoms with Crippen molar-refractivity contribution in [2.75, 3.05) is 31.6 Å². The predicted octanol–water partition coefficient (Wildman–Crippen LogP) is 1.20. The Labute approximate surface area is 150 Å². The van der Waals surface area contributed by atoms with Crippen molar-refractivity contribution in [3.63, 3.8) is 0 Å². The van der Waals surface area contributed by atoms with E-state index in [1.807, 2.05) is 56.5 Å². The molecule has 0 unspecified atom stereocenters. The van der Waals surface area contributed by atoms with Crippen molar-refractivity contribution in [3.8, 4) is 0 Å². The van der Waals surface area contributed by atoms with Gasteiger partial charge in [-0.25, -0.2) is 4.57 Å². The minimum Gasteiger partial charge on any atom is -0.378 e. The standard InChI is InChI=1S/C19H20N4O3/c1-14(24)20-15-6-7-18-22(12-15)16-4-2-3-5-17(16)23(18)13-19(25)21-8-10-26-11-9-21/h2-7,12H,8-11,13H2,1H3/p+1. The summed E-state index contributed by atoms with van der Waals surface area (Å²) >= 11 is 0. The maximum Gasteiger partial charge on any atom is 0.287 e. The molecule has 2 aromatic heterocycles. The molecule has 2 amide bonds. The van der Waals surface area contributed by atoms with Crippen molar-refractivity contribution < 1.29 is 18.9 Å². The van der Waals surface area contributed by atoms with Gasteiger partial charge in [0.1, 0.15) is 6.20 Å². The van der Waals surface area contributed by atoms with E-state index in [0.29, 0.717) is 26.3 Å². The molecule has 1 fully saturated rings. The molecule has 1 N–H and O–H groups in total. The maximum absolute atomic E-state index is 12.7. The van der Waals surface area contributed by atoms with Crippen LogP contribution in [-0.4, -0.2) is 47.4 Å². The average Bonchev–Trinajstić information content (AvgIpc) is 2.95. The quantitative estimate of drug-likeness (QED) is 0.720. The third kappa shape index (κ3) is 3.01. The SMILES string of the molecule is CC(=O)Nc1ccc2n(c1)c1ccccc1[n+]2CC(=O)N1CCOCC1. The Bertz CT molecular complexity index is 989. The second-order valence-corrected chi connectivity index (χ2v) is 6.40. The number of carbonyl (C=O) groups is 2. The van der Waals surface area contributed by atoms with Crippen LogP contribution in [0, 0.1) is 0 Å². The number of ether oxygens (including phenoxy) is 1. The zero-order chi connectivity index (χ0) is 18.1. The molecule has 7 nitrogen and oxygen atoms in total. The number of pyridine rings is 1. The summed E-state index contributed by atoms with van der Waals surface area (Å²) in [6, 6.07) is 11.7. The Hall–Kier alpha value is -2.93. The zero-order valence-electron chi connectivity index (χ0n) is 14.6. The maximum atomic E-state index is 12.7. The van der Waals surface area contributed by atoms with Crippen molar-refractivity contribution in [3.05, 3.63) is 42.6 Å². The van der Waals surface area contributed by atoms with E-state index >= 15 is 0 Å². The van der Waals surface area contributed by atoms with Crippen LogP contribution in [-0.2, 0) is 20.9 Å². The fourth-order valence-corrected chi connectivity index (χ4v) is 3.42. The lowest BCUT2D eigenvalue weighted by atomic mass is 10.3. The van der Waals surface area contributed by atoms with E-state index in [1.165, 1.54) is 6.92 Å². The molecule has 7 heteroatoms. The highest BCUT2D eigenvalue weighted by atomic mass is 16.5. The normalized spacial score (nSPS) is 14.7. The Kier molecular flexibility index (Phi) is 4.30. The molecule has 0 radical (unpaired) electrons. The number of carbonyl (C=O) groups excluding carboxylic acids is 2. The van der Waals surface area contributed by atoms with Crippen LogP contribution >= 0.6 is 0 Å². The van der Waals surface area contributed by atoms with Crippen LogP contribution in [0.3, 0.4) is 0 Å². The molecule has 0 saturated carbocycles. The van der Waals surface area contributed by atoms with Gasteiger partial charge in [-0.3, -0.25) is 9.59 Å². The number of aromatic nitrogens is 2. The molecule has 3 aromatic rings. The largest absolute Gasteiger partial charge is 0.378 e. The van der Waals surface area contributed by atoms with E-state index in [4.69, 9.17) is 4.74 Å². The summed E-state index contributed by atoms with van der Waals surface area (Å²) in [6.07, 6.45) is 1.88. The Morgan fingerprint density at radius 1 is 1.15 bits per heavy atom. The van der Waals surface area contributed by atoms with Gasteiger partial charge in [0.05, 0.1) is 18.9 Å². The second-order valence-electron chi connectivity index (χ2n) is 6.40. The van der Waals surface area contributed by atoms with Crippen LogP contribution in [0.15, 0.2) is 42.6 Å². The predicted molar refractivity (Wildman–Crippen MR) is 96.8 cm³/mol. The van der Waals surface area contributed by atoms with Gasteiger partial charge in [0.25, 0.3) is 11.6 Å². The number of morpholine rings is 1. The molecule has 1 aliphatic rings. The topological polar surface area (TPSA) is 66.9 Å². The van der Waals surface area contributed by atoms with Crippen LogP contribution in [0.4, 0.5) is 5.69 Å². The molecule has 1 aromatic carbocycles. The zero-order valence-corrected chi connectivity index (χ0v) is 14.6. The lowest BCUT2D eigenvalue weighted by Crippen LogP contribution is -2.48. The second kappa shape index (κ2) is 6.76. The first kappa shape index (κ1) is 16.5. The van der Waals surface area contributed by atoms with Gasteiger partial charge >= 0.3 is 0 Å². The number of nitrogens with one attached hydrogen (secondary N) is 1. The van der Waals surface area contributed by atoms with Crippen molar-refractivity contribution in [1.29, 1.82) is 0 Å². The molecule has 134 valence electrons. The van der Waals surface area contributed by atoms with E-state index in [0.717, 1.165) is 22.4 Å². The van der Waals surface area contributed by atoms with Gasteiger partial charge in [-0.15, -0.1) is 0 Å². The molecule has 1 aliphatic heterocycles. The number of hydrogen-bond donors (Lipinski definition) is 1. The number of hydrogen-bond acceptors (Lipinski definition) is 3. The fourth-order valence-electron chi connectivity index (χ4n) is 3.42. The number of anilines is 1. The third-order valence-corrected chi connectivity index (χ3v) is 4.61. The number of benzene rings is 1. The van der Waals surface area contributed by atoms with E-state index in [-0.39, 0.29) is 18.4 Å². The Morgan fingerprint density at radius 3 is 2.69 bits per heavy atom. The number of nitrogens with zero attached hydrogens (tertiary/aromatic N) is 3. The lowest BCUT2D eigenvalue weighted by Gasteiger charge is -2.26. The van der Waals surface area contributed by atoms with E-state index in [2.05, 4.69) is 5.32 Å². The van der Waals surface area contributed by atoms with Gasteiger partial charge in [0.15, 0.2) is 17.6 Å². The van der Waals surface area contributed by atoms with E-state index in [9.17, 15) is 9.59 Å². The average molecular weight is 353 g/mol. The van der Waals surface area contributed by atoms with Crippen LogP contribution in [0.5, 0.6) is 0 Å². The summed E-state index contributed by atoms with van der Waals surface area (Å²) in [5.74, 6) is -0.0290. The van der Waals surface area contributed by atoms with Gasteiger partial charge in [-0.1, -0.05) is 12.1 Å². The highest BCUT2D eigenvalue weighted by molar-refractivity contribution is 5.89. The lowest BCUT2D eigenvalue weighted by molar-refractivity contribution is -0.633. The van der Waals surface area contributed by atoms with Crippen LogP contribution < -0.4 is 9.88 Å². The highest BCUT2D eigenvalue weighted by Crippen LogP contribution is 2.18. The first-order valence-electron chi connectivity index (χ1n) is 8.69. The van der Waals surface area contributed by atoms with Crippen molar-refractivity contribution in [2.45, 2.75) is 13.5 Å². The summed E-state index contributed by atoms with van der Waals surface area (Å²) < 4.78 is 9.36. The summed E-state index contributed by atoms with van der Waals surface area (Å²) in [7, 11) is 0. The van der Waals surface area contributed by atoms with Crippen LogP contribution in [0.1, 0.15) is 6.92 Å². The van der Waals surface area contributed by atoms with Gasteiger partial charge in [0.2, 0.25) is 5.91 Å². The monoisotopic (exact) mass is 353 g/mol. The van der Waals surface area contributed by atoms with Crippen molar-refractivity contribution >= 4 is 34.2 Å². The molecular weight excluding hydrogens is 332 g/mol. The van der Waals surface area contributed by atoms with Crippen LogP contribution in [0.25, 0.3) is 16.7 Å². The van der Waals surface area contributed by atoms with E-state index in [1.54, 1.807) is 0 Å². The number of para-hydroxylation sites is 2. The number of amides is 2. The molecule has 0 bridgehead atoms. The van der Waals surface area contributed by atoms with Gasteiger partial charge in [-0.05, 0) is 18.2 Å². The number of fused-ring (bicyclic) bond motifs is 3. The molecule has 4 rings (SSSR count). The summed E-state index contributed by atoms with van der Waals surface area (Å²) in [6.45, 7) is 4.21. The molecule has 0 aliphatic carbocycles. The minimum atomic E-state index is -0.115. The summed E-state index contributed by atoms with van der Waals surface area (Å²) in [4.78, 5) is 25.9. The molecule has 0 atom stereocenters. The molecule has 1 saturated heterocycles. The van der Waals surface area contributed by atoms with Crippen molar-refractivity contribution in [1.82, 2.24) is 9.30 Å². The third-order valence-electron chi connectivity index (χ3n) is 4.61. The summed E-state index contributed by atoms with van der Waals surface area (Å²) in [5.41, 5.74) is 3.60. The number of rotatable bonds is 3. The highest BCUT2D eigenvalue weighted by Gasteiger charge is 2.24. The fraction of sp³-hybridized carbons (Fsp3) is 0.316.